The van der Waals surface area contributed by atoms with Gasteiger partial charge in [0.05, 0.1) is 0 Å². The van der Waals surface area contributed by atoms with Gasteiger partial charge in [0.25, 0.3) is 20.2 Å². The van der Waals surface area contributed by atoms with Crippen LogP contribution in [0.2, 0.25) is 0 Å². The molecule has 2 aromatic rings. The number of ketones is 1. The van der Waals surface area contributed by atoms with Crippen molar-refractivity contribution in [2.45, 2.75) is 16.7 Å². The minimum atomic E-state index is -4.82. The van der Waals surface area contributed by atoms with E-state index in [1.165, 1.54) is 0 Å². The first-order valence-corrected chi connectivity index (χ1v) is 8.86. The molecule has 122 valence electrons. The molecule has 0 heterocycles. The monoisotopic (exact) mass is 358 g/mol. The lowest BCUT2D eigenvalue weighted by Crippen LogP contribution is -2.06. The summed E-state index contributed by atoms with van der Waals surface area (Å²) in [6, 6.07) is 3.79. The maximum Gasteiger partial charge on any atom is 0.295 e. The molecule has 0 aliphatic carbocycles. The summed E-state index contributed by atoms with van der Waals surface area (Å²) < 4.78 is 64.7. The molecule has 2 N–H and O–H groups in total. The van der Waals surface area contributed by atoms with Crippen LogP contribution in [0.4, 0.5) is 0 Å². The average Bonchev–Trinajstić information content (AvgIpc) is 2.42. The lowest BCUT2D eigenvalue weighted by Gasteiger charge is -2.10. The summed E-state index contributed by atoms with van der Waals surface area (Å²) in [5.41, 5.74) is -0.417. The summed E-state index contributed by atoms with van der Waals surface area (Å²) >= 11 is 0. The predicted molar refractivity (Wildman–Crippen MR) is 79.0 cm³/mol. The van der Waals surface area contributed by atoms with E-state index in [-0.39, 0.29) is 28.2 Å². The van der Waals surface area contributed by atoms with E-state index in [2.05, 4.69) is 0 Å². The van der Waals surface area contributed by atoms with Gasteiger partial charge in [0.1, 0.15) is 16.1 Å². The third kappa shape index (κ3) is 3.29. The number of hydrogen-bond acceptors (Lipinski definition) is 6. The molecule has 0 saturated carbocycles. The second-order valence-corrected chi connectivity index (χ2v) is 7.49. The summed E-state index contributed by atoms with van der Waals surface area (Å²) in [6.45, 7) is 1.11. The molecule has 8 nitrogen and oxygen atoms in total. The second kappa shape index (κ2) is 5.49. The number of benzene rings is 2. The van der Waals surface area contributed by atoms with Crippen molar-refractivity contribution < 1.29 is 35.5 Å². The number of fused-ring (bicyclic) bond motifs is 1. The highest BCUT2D eigenvalue weighted by molar-refractivity contribution is 7.86. The fraction of sp³-hybridized carbons (Fsp3) is 0.0769. The summed E-state index contributed by atoms with van der Waals surface area (Å²) in [5, 5.41) is -0.617. The van der Waals surface area contributed by atoms with Gasteiger partial charge in [0.2, 0.25) is 0 Å². The van der Waals surface area contributed by atoms with Crippen LogP contribution >= 0.6 is 0 Å². The fourth-order valence-corrected chi connectivity index (χ4v) is 3.57. The molecular weight excluding hydrogens is 348 g/mol. The molecule has 0 amide bonds. The predicted octanol–water partition coefficient (Wildman–Crippen LogP) is 1.35. The standard InChI is InChI=1S/C13H10O8S2/c1-7(15)9-4-11-10(13(5-9)23(19,20)21)2-8(6-14)3-12(11)22(16,17)18/h2-6H,1H3,(H,16,17,18)(H,19,20,21). The first-order chi connectivity index (χ1) is 10.4. The Morgan fingerprint density at radius 3 is 1.83 bits per heavy atom. The Kier molecular flexibility index (Phi) is 4.11. The summed E-state index contributed by atoms with van der Waals surface area (Å²) in [4.78, 5) is 20.9. The molecule has 0 aromatic heterocycles. The van der Waals surface area contributed by atoms with Gasteiger partial charge in [-0.1, -0.05) is 0 Å². The van der Waals surface area contributed by atoms with Crippen molar-refractivity contribution in [1.82, 2.24) is 0 Å². The molecule has 0 unspecified atom stereocenters. The molecule has 0 saturated heterocycles. The lowest BCUT2D eigenvalue weighted by atomic mass is 10.0. The Morgan fingerprint density at radius 1 is 0.913 bits per heavy atom. The van der Waals surface area contributed by atoms with Gasteiger partial charge in [-0.05, 0) is 31.2 Å². The molecule has 0 radical (unpaired) electrons. The second-order valence-electron chi connectivity index (χ2n) is 4.71. The molecule has 2 rings (SSSR count). The van der Waals surface area contributed by atoms with Crippen LogP contribution in [0.1, 0.15) is 27.6 Å². The molecule has 0 atom stereocenters. The highest BCUT2D eigenvalue weighted by Crippen LogP contribution is 2.31. The van der Waals surface area contributed by atoms with Crippen molar-refractivity contribution >= 4 is 43.1 Å². The molecule has 0 fully saturated rings. The van der Waals surface area contributed by atoms with E-state index in [0.29, 0.717) is 0 Å². The van der Waals surface area contributed by atoms with Gasteiger partial charge >= 0.3 is 0 Å². The number of carbonyl (C=O) groups excluding carboxylic acids is 2. The summed E-state index contributed by atoms with van der Waals surface area (Å²) in [7, 11) is -9.63. The van der Waals surface area contributed by atoms with Crippen LogP contribution in [0, 0.1) is 0 Å². The van der Waals surface area contributed by atoms with Crippen LogP contribution < -0.4 is 0 Å². The Labute approximate surface area is 131 Å². The van der Waals surface area contributed by atoms with E-state index < -0.39 is 35.8 Å². The van der Waals surface area contributed by atoms with Gasteiger partial charge in [-0.15, -0.1) is 0 Å². The van der Waals surface area contributed by atoms with Crippen molar-refractivity contribution in [2.24, 2.45) is 0 Å². The third-order valence-electron chi connectivity index (χ3n) is 3.11. The topological polar surface area (TPSA) is 143 Å². The molecule has 23 heavy (non-hydrogen) atoms. The maximum absolute atomic E-state index is 11.5. The highest BCUT2D eigenvalue weighted by atomic mass is 32.2. The highest BCUT2D eigenvalue weighted by Gasteiger charge is 2.23. The Bertz CT molecular complexity index is 1050. The first-order valence-electron chi connectivity index (χ1n) is 5.98. The van der Waals surface area contributed by atoms with E-state index in [0.717, 1.165) is 31.2 Å². The number of aldehydes is 1. The zero-order valence-electron chi connectivity index (χ0n) is 11.5. The van der Waals surface area contributed by atoms with Gasteiger partial charge in [-0.3, -0.25) is 18.7 Å². The maximum atomic E-state index is 11.5. The van der Waals surface area contributed by atoms with E-state index in [9.17, 15) is 35.5 Å². The normalized spacial score (nSPS) is 12.3. The molecule has 0 aliphatic rings. The van der Waals surface area contributed by atoms with E-state index in [4.69, 9.17) is 0 Å². The summed E-state index contributed by atoms with van der Waals surface area (Å²) in [5.74, 6) is -0.586. The van der Waals surface area contributed by atoms with E-state index in [1.54, 1.807) is 0 Å². The van der Waals surface area contributed by atoms with Gasteiger partial charge in [-0.2, -0.15) is 16.8 Å². The van der Waals surface area contributed by atoms with Crippen molar-refractivity contribution in [2.75, 3.05) is 0 Å². The molecule has 0 bridgehead atoms. The third-order valence-corrected chi connectivity index (χ3v) is 4.90. The molecular formula is C13H10O8S2. The largest absolute Gasteiger partial charge is 0.298 e. The van der Waals surface area contributed by atoms with Crippen molar-refractivity contribution in [3.05, 3.63) is 35.4 Å². The minimum absolute atomic E-state index is 0.186. The van der Waals surface area contributed by atoms with Crippen molar-refractivity contribution in [1.29, 1.82) is 0 Å². The number of carbonyl (C=O) groups is 2. The van der Waals surface area contributed by atoms with E-state index >= 15 is 0 Å². The van der Waals surface area contributed by atoms with Crippen LogP contribution in [0.15, 0.2) is 34.1 Å². The molecule has 2 aromatic carbocycles. The van der Waals surface area contributed by atoms with Crippen LogP contribution in [-0.2, 0) is 20.2 Å². The fourth-order valence-electron chi connectivity index (χ4n) is 2.11. The van der Waals surface area contributed by atoms with Gasteiger partial charge < -0.3 is 0 Å². The zero-order chi connectivity index (χ0) is 17.6. The molecule has 10 heteroatoms. The van der Waals surface area contributed by atoms with Gasteiger partial charge in [0.15, 0.2) is 5.78 Å². The van der Waals surface area contributed by atoms with Gasteiger partial charge in [0, 0.05) is 21.9 Å². The van der Waals surface area contributed by atoms with Crippen LogP contribution in [0.3, 0.4) is 0 Å². The SMILES string of the molecule is CC(=O)c1cc(S(=O)(=O)O)c2cc(C=O)cc(S(=O)(=O)O)c2c1. The quantitative estimate of drug-likeness (QED) is 0.473. The molecule has 0 aliphatic heterocycles. The minimum Gasteiger partial charge on any atom is -0.298 e. The van der Waals surface area contributed by atoms with Crippen LogP contribution in [0.25, 0.3) is 10.8 Å². The molecule has 0 spiro atoms. The Balaban J connectivity index is 3.19. The average molecular weight is 358 g/mol. The van der Waals surface area contributed by atoms with Crippen molar-refractivity contribution in [3.63, 3.8) is 0 Å². The first kappa shape index (κ1) is 17.2. The Morgan fingerprint density at radius 2 is 1.39 bits per heavy atom. The number of rotatable bonds is 4. The Hall–Kier alpha value is -2.14. The van der Waals surface area contributed by atoms with E-state index in [1.807, 2.05) is 0 Å². The zero-order valence-corrected chi connectivity index (χ0v) is 13.2. The van der Waals surface area contributed by atoms with Gasteiger partial charge in [-0.25, -0.2) is 0 Å². The lowest BCUT2D eigenvalue weighted by molar-refractivity contribution is 0.101. The smallest absolute Gasteiger partial charge is 0.295 e. The van der Waals surface area contributed by atoms with Crippen LogP contribution in [-0.4, -0.2) is 38.0 Å². The summed E-state index contributed by atoms with van der Waals surface area (Å²) in [6.07, 6.45) is 0.251. The van der Waals surface area contributed by atoms with Crippen molar-refractivity contribution in [3.8, 4) is 0 Å². The van der Waals surface area contributed by atoms with Crippen LogP contribution in [0.5, 0.6) is 0 Å². The number of Topliss-reactive ketones (excluding diaryl/α,β-unsaturated/α-hetero) is 1. The number of hydrogen-bond donors (Lipinski definition) is 2.